The number of aromatic amines is 1. The fourth-order valence-electron chi connectivity index (χ4n) is 1.70. The average Bonchev–Trinajstić information content (AvgIpc) is 2.65. The summed E-state index contributed by atoms with van der Waals surface area (Å²) in [7, 11) is 0. The van der Waals surface area contributed by atoms with E-state index in [9.17, 15) is 18.0 Å². The lowest BCUT2D eigenvalue weighted by Gasteiger charge is -2.08. The molecule has 0 atom stereocenters. The third kappa shape index (κ3) is 1.89. The molecule has 0 spiro atoms. The summed E-state index contributed by atoms with van der Waals surface area (Å²) in [5.41, 5.74) is -1.60. The van der Waals surface area contributed by atoms with Crippen LogP contribution in [-0.2, 0) is 6.18 Å². The van der Waals surface area contributed by atoms with E-state index in [4.69, 9.17) is 0 Å². The van der Waals surface area contributed by atoms with Gasteiger partial charge in [0.25, 0.3) is 5.56 Å². The first-order chi connectivity index (χ1) is 8.21. The van der Waals surface area contributed by atoms with Crippen molar-refractivity contribution in [1.82, 2.24) is 14.6 Å². The van der Waals surface area contributed by atoms with E-state index in [1.54, 1.807) is 0 Å². The van der Waals surface area contributed by atoms with Crippen LogP contribution in [0.4, 0.5) is 13.2 Å². The van der Waals surface area contributed by atoms with Crippen molar-refractivity contribution in [3.8, 4) is 0 Å². The molecular formula is C11H12F3N3O. The summed E-state index contributed by atoms with van der Waals surface area (Å²) in [6.07, 6.45) is -4.62. The van der Waals surface area contributed by atoms with Crippen LogP contribution in [0.3, 0.4) is 0 Å². The van der Waals surface area contributed by atoms with Crippen molar-refractivity contribution in [2.75, 3.05) is 0 Å². The van der Waals surface area contributed by atoms with Gasteiger partial charge in [-0.1, -0.05) is 13.8 Å². The van der Waals surface area contributed by atoms with Crippen molar-refractivity contribution in [3.63, 3.8) is 0 Å². The van der Waals surface area contributed by atoms with Gasteiger partial charge in [-0.05, 0) is 12.8 Å². The van der Waals surface area contributed by atoms with E-state index in [1.807, 2.05) is 13.8 Å². The molecule has 0 radical (unpaired) electrons. The Morgan fingerprint density at radius 2 is 2.00 bits per heavy atom. The van der Waals surface area contributed by atoms with E-state index in [0.717, 1.165) is 11.4 Å². The molecule has 4 nitrogen and oxygen atoms in total. The van der Waals surface area contributed by atoms with E-state index < -0.39 is 23.0 Å². The Labute approximate surface area is 100 Å². The second-order valence-electron chi connectivity index (χ2n) is 4.45. The SMILES string of the molecule is Cc1c(C(F)(F)F)nc2cc(C(C)C)[nH]n2c1=O. The fourth-order valence-corrected chi connectivity index (χ4v) is 1.70. The summed E-state index contributed by atoms with van der Waals surface area (Å²) >= 11 is 0. The van der Waals surface area contributed by atoms with Gasteiger partial charge in [0.2, 0.25) is 0 Å². The number of aromatic nitrogens is 3. The number of hydrogen-bond acceptors (Lipinski definition) is 2. The van der Waals surface area contributed by atoms with E-state index in [-0.39, 0.29) is 11.6 Å². The molecule has 2 aromatic rings. The predicted molar refractivity (Wildman–Crippen MR) is 59.6 cm³/mol. The van der Waals surface area contributed by atoms with Gasteiger partial charge in [-0.15, -0.1) is 0 Å². The maximum atomic E-state index is 12.7. The summed E-state index contributed by atoms with van der Waals surface area (Å²) in [5, 5.41) is 2.76. The molecule has 0 unspecified atom stereocenters. The molecule has 0 bridgehead atoms. The highest BCUT2D eigenvalue weighted by Crippen LogP contribution is 2.29. The number of fused-ring (bicyclic) bond motifs is 1. The van der Waals surface area contributed by atoms with E-state index in [1.165, 1.54) is 6.07 Å². The molecule has 98 valence electrons. The Bertz CT molecular complexity index is 652. The molecule has 0 aromatic carbocycles. The Hall–Kier alpha value is -1.79. The quantitative estimate of drug-likeness (QED) is 0.855. The molecule has 18 heavy (non-hydrogen) atoms. The lowest BCUT2D eigenvalue weighted by molar-refractivity contribution is -0.141. The van der Waals surface area contributed by atoms with Crippen molar-refractivity contribution in [1.29, 1.82) is 0 Å². The van der Waals surface area contributed by atoms with Gasteiger partial charge in [-0.3, -0.25) is 9.89 Å². The molecule has 7 heteroatoms. The Morgan fingerprint density at radius 1 is 1.39 bits per heavy atom. The van der Waals surface area contributed by atoms with Crippen LogP contribution in [-0.4, -0.2) is 14.6 Å². The average molecular weight is 259 g/mol. The second-order valence-corrected chi connectivity index (χ2v) is 4.45. The van der Waals surface area contributed by atoms with Crippen LogP contribution < -0.4 is 5.56 Å². The van der Waals surface area contributed by atoms with E-state index >= 15 is 0 Å². The molecule has 0 fully saturated rings. The summed E-state index contributed by atoms with van der Waals surface area (Å²) < 4.78 is 39.1. The maximum Gasteiger partial charge on any atom is 0.433 e. The van der Waals surface area contributed by atoms with E-state index in [2.05, 4.69) is 10.1 Å². The van der Waals surface area contributed by atoms with Crippen molar-refractivity contribution in [3.05, 3.63) is 33.4 Å². The standard InChI is InChI=1S/C11H12F3N3O/c1-5(2)7-4-8-15-9(11(12,13)14)6(3)10(18)17(8)16-7/h4-5,16H,1-3H3. The van der Waals surface area contributed by atoms with Gasteiger partial charge in [0.1, 0.15) is 0 Å². The zero-order valence-electron chi connectivity index (χ0n) is 10.1. The number of nitrogens with one attached hydrogen (secondary N) is 1. The normalized spacial score (nSPS) is 12.6. The molecule has 0 aliphatic rings. The molecule has 1 N–H and O–H groups in total. The minimum atomic E-state index is -4.62. The Kier molecular flexibility index (Phi) is 2.71. The van der Waals surface area contributed by atoms with Crippen molar-refractivity contribution in [2.24, 2.45) is 0 Å². The summed E-state index contributed by atoms with van der Waals surface area (Å²) in [6, 6.07) is 1.46. The van der Waals surface area contributed by atoms with Crippen LogP contribution in [0.15, 0.2) is 10.9 Å². The number of halogens is 3. The lowest BCUT2D eigenvalue weighted by atomic mass is 10.1. The number of H-pyrrole nitrogens is 1. The van der Waals surface area contributed by atoms with Crippen molar-refractivity contribution >= 4 is 5.65 Å². The van der Waals surface area contributed by atoms with Crippen LogP contribution in [0.2, 0.25) is 0 Å². The summed E-state index contributed by atoms with van der Waals surface area (Å²) in [6.45, 7) is 4.86. The number of alkyl halides is 3. The van der Waals surface area contributed by atoms with Crippen LogP contribution >= 0.6 is 0 Å². The molecular weight excluding hydrogens is 247 g/mol. The molecule has 0 aliphatic heterocycles. The zero-order chi connectivity index (χ0) is 13.7. The molecule has 0 aliphatic carbocycles. The van der Waals surface area contributed by atoms with Gasteiger partial charge >= 0.3 is 6.18 Å². The largest absolute Gasteiger partial charge is 0.433 e. The highest BCUT2D eigenvalue weighted by molar-refractivity contribution is 5.42. The van der Waals surface area contributed by atoms with Gasteiger partial charge in [0, 0.05) is 17.3 Å². The lowest BCUT2D eigenvalue weighted by Crippen LogP contribution is -2.24. The third-order valence-corrected chi connectivity index (χ3v) is 2.75. The third-order valence-electron chi connectivity index (χ3n) is 2.75. The highest BCUT2D eigenvalue weighted by Gasteiger charge is 2.36. The second kappa shape index (κ2) is 3.86. The van der Waals surface area contributed by atoms with Crippen LogP contribution in [0.25, 0.3) is 5.65 Å². The van der Waals surface area contributed by atoms with Gasteiger partial charge < -0.3 is 0 Å². The van der Waals surface area contributed by atoms with Gasteiger partial charge in [0.05, 0.1) is 0 Å². The van der Waals surface area contributed by atoms with Crippen LogP contribution in [0.5, 0.6) is 0 Å². The minimum Gasteiger partial charge on any atom is -0.293 e. The first-order valence-corrected chi connectivity index (χ1v) is 5.41. The smallest absolute Gasteiger partial charge is 0.293 e. The molecule has 2 heterocycles. The topological polar surface area (TPSA) is 50.2 Å². The Morgan fingerprint density at radius 3 is 2.50 bits per heavy atom. The van der Waals surface area contributed by atoms with Gasteiger partial charge in [-0.2, -0.15) is 13.2 Å². The maximum absolute atomic E-state index is 12.7. The Balaban J connectivity index is 2.80. The minimum absolute atomic E-state index is 0.0124. The summed E-state index contributed by atoms with van der Waals surface area (Å²) in [4.78, 5) is 15.3. The van der Waals surface area contributed by atoms with Crippen molar-refractivity contribution < 1.29 is 13.2 Å². The molecule has 2 aromatic heterocycles. The molecule has 0 saturated heterocycles. The summed E-state index contributed by atoms with van der Waals surface area (Å²) in [5.74, 6) is 0.0701. The van der Waals surface area contributed by atoms with Gasteiger partial charge in [0.15, 0.2) is 11.3 Å². The molecule has 2 rings (SSSR count). The zero-order valence-corrected chi connectivity index (χ0v) is 10.1. The first-order valence-electron chi connectivity index (χ1n) is 5.41. The number of nitrogens with zero attached hydrogens (tertiary/aromatic N) is 2. The first kappa shape index (κ1) is 12.7. The van der Waals surface area contributed by atoms with Crippen LogP contribution in [0.1, 0.15) is 36.7 Å². The highest BCUT2D eigenvalue weighted by atomic mass is 19.4. The number of rotatable bonds is 1. The van der Waals surface area contributed by atoms with Crippen LogP contribution in [0, 0.1) is 6.92 Å². The monoisotopic (exact) mass is 259 g/mol. The van der Waals surface area contributed by atoms with Crippen molar-refractivity contribution in [2.45, 2.75) is 32.9 Å². The molecule has 0 saturated carbocycles. The fraction of sp³-hybridized carbons (Fsp3) is 0.455. The van der Waals surface area contributed by atoms with E-state index in [0.29, 0.717) is 5.69 Å². The number of hydrogen-bond donors (Lipinski definition) is 1. The predicted octanol–water partition coefficient (Wildman–Crippen LogP) is 2.47. The van der Waals surface area contributed by atoms with Gasteiger partial charge in [-0.25, -0.2) is 9.50 Å². The molecule has 0 amide bonds.